The fraction of sp³-hybridized carbons (Fsp3) is 0.316. The van der Waals surface area contributed by atoms with Crippen LogP contribution in [0.2, 0.25) is 0 Å². The van der Waals surface area contributed by atoms with Crippen LogP contribution in [-0.2, 0) is 17.8 Å². The molecule has 0 saturated carbocycles. The first kappa shape index (κ1) is 17.0. The highest BCUT2D eigenvalue weighted by Gasteiger charge is 2.07. The Morgan fingerprint density at radius 3 is 2.70 bits per heavy atom. The van der Waals surface area contributed by atoms with Gasteiger partial charge >= 0.3 is 0 Å². The predicted molar refractivity (Wildman–Crippen MR) is 90.9 cm³/mol. The zero-order chi connectivity index (χ0) is 16.7. The first-order chi connectivity index (χ1) is 11.1. The van der Waals surface area contributed by atoms with Crippen molar-refractivity contribution in [1.29, 1.82) is 0 Å². The van der Waals surface area contributed by atoms with E-state index in [1.807, 2.05) is 43.3 Å². The summed E-state index contributed by atoms with van der Waals surface area (Å²) < 4.78 is 10.5. The van der Waals surface area contributed by atoms with Crippen LogP contribution in [0.3, 0.4) is 0 Å². The Hall–Kier alpha value is -2.33. The minimum Gasteiger partial charge on any atom is -0.496 e. The summed E-state index contributed by atoms with van der Waals surface area (Å²) in [4.78, 5) is 12.2. The van der Waals surface area contributed by atoms with Crippen LogP contribution in [0.5, 0.6) is 5.75 Å². The monoisotopic (exact) mass is 313 g/mol. The molecule has 0 aliphatic heterocycles. The average molecular weight is 313 g/mol. The molecule has 4 heteroatoms. The van der Waals surface area contributed by atoms with Crippen molar-refractivity contribution in [2.75, 3.05) is 20.8 Å². The third-order valence-corrected chi connectivity index (χ3v) is 3.62. The van der Waals surface area contributed by atoms with Crippen molar-refractivity contribution >= 4 is 5.91 Å². The summed E-state index contributed by atoms with van der Waals surface area (Å²) in [6.07, 6.45) is 0.731. The molecule has 2 aromatic rings. The van der Waals surface area contributed by atoms with Crippen LogP contribution in [0.1, 0.15) is 27.0 Å². The van der Waals surface area contributed by atoms with Crippen molar-refractivity contribution < 1.29 is 14.3 Å². The Morgan fingerprint density at radius 2 is 1.96 bits per heavy atom. The molecule has 122 valence electrons. The number of methoxy groups -OCH3 is 2. The first-order valence-electron chi connectivity index (χ1n) is 7.63. The van der Waals surface area contributed by atoms with Gasteiger partial charge in [-0.15, -0.1) is 0 Å². The molecular formula is C19H23NO3. The lowest BCUT2D eigenvalue weighted by Gasteiger charge is -2.11. The van der Waals surface area contributed by atoms with E-state index in [1.165, 1.54) is 5.56 Å². The van der Waals surface area contributed by atoms with E-state index in [2.05, 4.69) is 11.4 Å². The lowest BCUT2D eigenvalue weighted by atomic mass is 10.1. The maximum absolute atomic E-state index is 12.2. The number of ether oxygens (including phenoxy) is 2. The molecule has 0 bridgehead atoms. The number of hydrogen-bond acceptors (Lipinski definition) is 3. The number of rotatable bonds is 7. The number of carbonyl (C=O) groups excluding carboxylic acids is 1. The standard InChI is InChI=1S/C19H23NO3/c1-14-7-8-18(23-3)16(11-14)9-10-20-19(21)17-6-4-5-15(12-17)13-22-2/h4-8,11-12H,9-10,13H2,1-3H3,(H,20,21). The summed E-state index contributed by atoms with van der Waals surface area (Å²) in [5, 5.41) is 2.95. The number of amides is 1. The largest absolute Gasteiger partial charge is 0.496 e. The lowest BCUT2D eigenvalue weighted by molar-refractivity contribution is 0.0953. The molecule has 1 N–H and O–H groups in total. The van der Waals surface area contributed by atoms with Crippen LogP contribution in [-0.4, -0.2) is 26.7 Å². The molecule has 0 saturated heterocycles. The van der Waals surface area contributed by atoms with Crippen LogP contribution in [0.15, 0.2) is 42.5 Å². The van der Waals surface area contributed by atoms with E-state index in [9.17, 15) is 4.79 Å². The summed E-state index contributed by atoms with van der Waals surface area (Å²) in [7, 11) is 3.30. The van der Waals surface area contributed by atoms with Crippen molar-refractivity contribution in [3.05, 3.63) is 64.7 Å². The molecule has 0 aliphatic carbocycles. The first-order valence-corrected chi connectivity index (χ1v) is 7.63. The normalized spacial score (nSPS) is 10.4. The Kier molecular flexibility index (Phi) is 6.18. The number of carbonyl (C=O) groups is 1. The zero-order valence-corrected chi connectivity index (χ0v) is 13.9. The smallest absolute Gasteiger partial charge is 0.251 e. The van der Waals surface area contributed by atoms with Gasteiger partial charge < -0.3 is 14.8 Å². The van der Waals surface area contributed by atoms with E-state index in [-0.39, 0.29) is 5.91 Å². The summed E-state index contributed by atoms with van der Waals surface area (Å²) in [5.74, 6) is 0.779. The third kappa shape index (κ3) is 4.83. The predicted octanol–water partition coefficient (Wildman–Crippen LogP) is 3.12. The third-order valence-electron chi connectivity index (χ3n) is 3.62. The van der Waals surface area contributed by atoms with Gasteiger partial charge in [0.15, 0.2) is 0 Å². The van der Waals surface area contributed by atoms with E-state index < -0.39 is 0 Å². The van der Waals surface area contributed by atoms with Gasteiger partial charge in [-0.2, -0.15) is 0 Å². The van der Waals surface area contributed by atoms with E-state index in [4.69, 9.17) is 9.47 Å². The second kappa shape index (κ2) is 8.34. The molecule has 2 rings (SSSR count). The van der Waals surface area contributed by atoms with Crippen LogP contribution in [0.4, 0.5) is 0 Å². The number of nitrogens with one attached hydrogen (secondary N) is 1. The highest BCUT2D eigenvalue weighted by atomic mass is 16.5. The van der Waals surface area contributed by atoms with Gasteiger partial charge in [0.1, 0.15) is 5.75 Å². The van der Waals surface area contributed by atoms with Crippen molar-refractivity contribution in [3.8, 4) is 5.75 Å². The molecule has 4 nitrogen and oxygen atoms in total. The van der Waals surface area contributed by atoms with Crippen LogP contribution in [0.25, 0.3) is 0 Å². The average Bonchev–Trinajstić information content (AvgIpc) is 2.55. The molecule has 0 unspecified atom stereocenters. The fourth-order valence-electron chi connectivity index (χ4n) is 2.48. The van der Waals surface area contributed by atoms with Gasteiger partial charge in [-0.3, -0.25) is 4.79 Å². The highest BCUT2D eigenvalue weighted by molar-refractivity contribution is 5.94. The van der Waals surface area contributed by atoms with Gasteiger partial charge in [-0.25, -0.2) is 0 Å². The topological polar surface area (TPSA) is 47.6 Å². The molecule has 2 aromatic carbocycles. The van der Waals surface area contributed by atoms with Gasteiger partial charge in [0, 0.05) is 19.2 Å². The SMILES string of the molecule is COCc1cccc(C(=O)NCCc2cc(C)ccc2OC)c1. The molecule has 0 fully saturated rings. The Labute approximate surface area is 137 Å². The van der Waals surface area contributed by atoms with Crippen molar-refractivity contribution in [2.45, 2.75) is 20.0 Å². The van der Waals surface area contributed by atoms with Crippen LogP contribution in [0, 0.1) is 6.92 Å². The number of benzene rings is 2. The van der Waals surface area contributed by atoms with E-state index in [0.717, 1.165) is 23.3 Å². The highest BCUT2D eigenvalue weighted by Crippen LogP contribution is 2.19. The molecule has 0 radical (unpaired) electrons. The quantitative estimate of drug-likeness (QED) is 0.854. The maximum Gasteiger partial charge on any atom is 0.251 e. The molecule has 0 aromatic heterocycles. The molecule has 23 heavy (non-hydrogen) atoms. The Morgan fingerprint density at radius 1 is 1.13 bits per heavy atom. The Bertz CT molecular complexity index is 667. The molecular weight excluding hydrogens is 290 g/mol. The molecule has 0 spiro atoms. The van der Waals surface area contributed by atoms with Crippen molar-refractivity contribution in [1.82, 2.24) is 5.32 Å². The number of hydrogen-bond donors (Lipinski definition) is 1. The van der Waals surface area contributed by atoms with Gasteiger partial charge in [-0.1, -0.05) is 29.8 Å². The van der Waals surface area contributed by atoms with Crippen LogP contribution < -0.4 is 10.1 Å². The van der Waals surface area contributed by atoms with E-state index in [0.29, 0.717) is 18.7 Å². The maximum atomic E-state index is 12.2. The molecule has 0 heterocycles. The summed E-state index contributed by atoms with van der Waals surface area (Å²) in [6.45, 7) is 3.11. The minimum atomic E-state index is -0.0745. The summed E-state index contributed by atoms with van der Waals surface area (Å²) >= 11 is 0. The number of aryl methyl sites for hydroxylation is 1. The second-order valence-electron chi connectivity index (χ2n) is 5.45. The Balaban J connectivity index is 1.95. The molecule has 0 aliphatic rings. The van der Waals surface area contributed by atoms with E-state index >= 15 is 0 Å². The second-order valence-corrected chi connectivity index (χ2v) is 5.45. The summed E-state index contributed by atoms with van der Waals surface area (Å²) in [6, 6.07) is 13.5. The summed E-state index contributed by atoms with van der Waals surface area (Å²) in [5.41, 5.74) is 3.91. The van der Waals surface area contributed by atoms with Gasteiger partial charge in [-0.05, 0) is 42.7 Å². The van der Waals surface area contributed by atoms with Gasteiger partial charge in [0.25, 0.3) is 5.91 Å². The van der Waals surface area contributed by atoms with Crippen molar-refractivity contribution in [2.24, 2.45) is 0 Å². The fourth-order valence-corrected chi connectivity index (χ4v) is 2.48. The van der Waals surface area contributed by atoms with E-state index in [1.54, 1.807) is 14.2 Å². The zero-order valence-electron chi connectivity index (χ0n) is 13.9. The van der Waals surface area contributed by atoms with Gasteiger partial charge in [0.05, 0.1) is 13.7 Å². The van der Waals surface area contributed by atoms with Gasteiger partial charge in [0.2, 0.25) is 0 Å². The minimum absolute atomic E-state index is 0.0745. The molecule has 0 atom stereocenters. The lowest BCUT2D eigenvalue weighted by Crippen LogP contribution is -2.25. The van der Waals surface area contributed by atoms with Crippen molar-refractivity contribution in [3.63, 3.8) is 0 Å². The molecule has 1 amide bonds. The van der Waals surface area contributed by atoms with Crippen LogP contribution >= 0.6 is 0 Å².